The summed E-state index contributed by atoms with van der Waals surface area (Å²) in [5.41, 5.74) is 2.04. The Bertz CT molecular complexity index is 723. The largest absolute Gasteiger partial charge is 0.497 e. The molecule has 0 spiro atoms. The maximum Gasteiger partial charge on any atom is 0.246 e. The number of rotatable bonds is 5. The molecule has 0 unspecified atom stereocenters. The van der Waals surface area contributed by atoms with Gasteiger partial charge in [-0.05, 0) is 48.7 Å². The number of aromatic nitrogens is 1. The minimum atomic E-state index is 0.0663. The van der Waals surface area contributed by atoms with Crippen molar-refractivity contribution in [2.24, 2.45) is 0 Å². The zero-order valence-corrected chi connectivity index (χ0v) is 14.4. The summed E-state index contributed by atoms with van der Waals surface area (Å²) in [6, 6.07) is 12.1. The fraction of sp³-hybridized carbons (Fsp3) is 0.300. The third-order valence-corrected chi connectivity index (χ3v) is 4.37. The molecule has 0 radical (unpaired) electrons. The molecule has 5 heteroatoms. The van der Waals surface area contributed by atoms with Gasteiger partial charge >= 0.3 is 0 Å². The van der Waals surface area contributed by atoms with E-state index in [2.05, 4.69) is 10.3 Å². The van der Waals surface area contributed by atoms with E-state index in [0.29, 0.717) is 6.04 Å². The number of hydrogen-bond acceptors (Lipinski definition) is 4. The van der Waals surface area contributed by atoms with Crippen LogP contribution in [0.15, 0.2) is 54.9 Å². The number of nitrogens with zero attached hydrogens (tertiary/aromatic N) is 2. The van der Waals surface area contributed by atoms with Gasteiger partial charge < -0.3 is 15.0 Å². The Kier molecular flexibility index (Phi) is 5.67. The van der Waals surface area contributed by atoms with E-state index in [1.54, 1.807) is 25.6 Å². The van der Waals surface area contributed by atoms with Gasteiger partial charge in [-0.3, -0.25) is 9.78 Å². The lowest BCUT2D eigenvalue weighted by atomic mass is 10.0. The maximum atomic E-state index is 12.3. The first kappa shape index (κ1) is 17.0. The predicted octanol–water partition coefficient (Wildman–Crippen LogP) is 3.21. The van der Waals surface area contributed by atoms with Crippen molar-refractivity contribution in [2.45, 2.75) is 18.9 Å². The van der Waals surface area contributed by atoms with Crippen LogP contribution < -0.4 is 10.1 Å². The molecule has 3 rings (SSSR count). The number of pyridine rings is 1. The molecule has 0 atom stereocenters. The molecule has 1 amide bonds. The van der Waals surface area contributed by atoms with E-state index in [-0.39, 0.29) is 5.91 Å². The molecule has 1 aromatic carbocycles. The molecule has 130 valence electrons. The topological polar surface area (TPSA) is 54.5 Å². The average molecular weight is 337 g/mol. The molecule has 1 aliphatic heterocycles. The van der Waals surface area contributed by atoms with E-state index in [1.165, 1.54) is 0 Å². The summed E-state index contributed by atoms with van der Waals surface area (Å²) in [6.07, 6.45) is 8.80. The van der Waals surface area contributed by atoms with Crippen LogP contribution in [0.3, 0.4) is 0 Å². The lowest BCUT2D eigenvalue weighted by Crippen LogP contribution is -2.41. The van der Waals surface area contributed by atoms with Gasteiger partial charge in [0.15, 0.2) is 0 Å². The summed E-state index contributed by atoms with van der Waals surface area (Å²) in [6.45, 7) is 1.53. The molecule has 1 aromatic heterocycles. The Hall–Kier alpha value is -2.82. The average Bonchev–Trinajstić information content (AvgIpc) is 2.67. The summed E-state index contributed by atoms with van der Waals surface area (Å²) < 4.78 is 5.25. The van der Waals surface area contributed by atoms with Crippen molar-refractivity contribution in [3.63, 3.8) is 0 Å². The highest BCUT2D eigenvalue weighted by Gasteiger charge is 2.21. The fourth-order valence-electron chi connectivity index (χ4n) is 2.94. The van der Waals surface area contributed by atoms with Crippen molar-refractivity contribution in [3.8, 4) is 5.75 Å². The zero-order chi connectivity index (χ0) is 17.5. The molecular formula is C20H23N3O2. The van der Waals surface area contributed by atoms with E-state index in [0.717, 1.165) is 42.9 Å². The van der Waals surface area contributed by atoms with Crippen molar-refractivity contribution in [2.75, 3.05) is 25.5 Å². The number of piperidine rings is 1. The van der Waals surface area contributed by atoms with Crippen LogP contribution in [0.5, 0.6) is 5.75 Å². The van der Waals surface area contributed by atoms with Crippen LogP contribution in [0.2, 0.25) is 0 Å². The highest BCUT2D eigenvalue weighted by Crippen LogP contribution is 2.21. The standard InChI is InChI=1S/C20H23N3O2/c1-25-19-4-2-3-18(15-19)22-17-9-13-23(14-10-17)20(24)6-5-16-7-11-21-12-8-16/h2-8,11-12,15,17,22H,9-10,13-14H2,1H3/b6-5+. The molecule has 0 bridgehead atoms. The van der Waals surface area contributed by atoms with Gasteiger partial charge in [0.25, 0.3) is 0 Å². The van der Waals surface area contributed by atoms with Crippen molar-refractivity contribution in [1.29, 1.82) is 0 Å². The lowest BCUT2D eigenvalue weighted by Gasteiger charge is -2.32. The molecular weight excluding hydrogens is 314 g/mol. The van der Waals surface area contributed by atoms with Gasteiger partial charge in [0.1, 0.15) is 5.75 Å². The number of benzene rings is 1. The highest BCUT2D eigenvalue weighted by atomic mass is 16.5. The van der Waals surface area contributed by atoms with Gasteiger partial charge in [0.05, 0.1) is 7.11 Å². The number of likely N-dealkylation sites (tertiary alicyclic amines) is 1. The number of hydrogen-bond donors (Lipinski definition) is 1. The van der Waals surface area contributed by atoms with Gasteiger partial charge in [-0.2, -0.15) is 0 Å². The first-order chi connectivity index (χ1) is 12.2. The van der Waals surface area contributed by atoms with E-state index in [9.17, 15) is 4.79 Å². The number of ether oxygens (including phenoxy) is 1. The Morgan fingerprint density at radius 3 is 2.72 bits per heavy atom. The van der Waals surface area contributed by atoms with Crippen LogP contribution in [0.1, 0.15) is 18.4 Å². The minimum absolute atomic E-state index is 0.0663. The Morgan fingerprint density at radius 2 is 2.00 bits per heavy atom. The molecule has 0 saturated carbocycles. The molecule has 1 N–H and O–H groups in total. The van der Waals surface area contributed by atoms with Crippen LogP contribution in [-0.4, -0.2) is 42.0 Å². The second-order valence-corrected chi connectivity index (χ2v) is 6.09. The second kappa shape index (κ2) is 8.33. The SMILES string of the molecule is COc1cccc(NC2CCN(C(=O)/C=C/c3ccncc3)CC2)c1. The molecule has 2 heterocycles. The normalized spacial score (nSPS) is 15.3. The van der Waals surface area contributed by atoms with Gasteiger partial charge in [0, 0.05) is 49.4 Å². The van der Waals surface area contributed by atoms with Crippen LogP contribution in [0, 0.1) is 0 Å². The number of carbonyl (C=O) groups is 1. The fourth-order valence-corrected chi connectivity index (χ4v) is 2.94. The summed E-state index contributed by atoms with van der Waals surface area (Å²) >= 11 is 0. The van der Waals surface area contributed by atoms with Crippen molar-refractivity contribution >= 4 is 17.7 Å². The Labute approximate surface area is 148 Å². The summed E-state index contributed by atoms with van der Waals surface area (Å²) in [5.74, 6) is 0.913. The van der Waals surface area contributed by atoms with Crippen LogP contribution in [0.4, 0.5) is 5.69 Å². The maximum absolute atomic E-state index is 12.3. The van der Waals surface area contributed by atoms with Crippen LogP contribution in [-0.2, 0) is 4.79 Å². The summed E-state index contributed by atoms with van der Waals surface area (Å²) in [7, 11) is 1.67. The minimum Gasteiger partial charge on any atom is -0.497 e. The molecule has 5 nitrogen and oxygen atoms in total. The number of methoxy groups -OCH3 is 1. The monoisotopic (exact) mass is 337 g/mol. The van der Waals surface area contributed by atoms with Crippen molar-refractivity contribution < 1.29 is 9.53 Å². The van der Waals surface area contributed by atoms with Gasteiger partial charge in [0.2, 0.25) is 5.91 Å². The van der Waals surface area contributed by atoms with Gasteiger partial charge in [-0.25, -0.2) is 0 Å². The van der Waals surface area contributed by atoms with Crippen molar-refractivity contribution in [1.82, 2.24) is 9.88 Å². The molecule has 1 saturated heterocycles. The number of amides is 1. The van der Waals surface area contributed by atoms with Gasteiger partial charge in [-0.15, -0.1) is 0 Å². The molecule has 0 aliphatic carbocycles. The Morgan fingerprint density at radius 1 is 1.24 bits per heavy atom. The van der Waals surface area contributed by atoms with Gasteiger partial charge in [-0.1, -0.05) is 6.07 Å². The quantitative estimate of drug-likeness (QED) is 0.851. The second-order valence-electron chi connectivity index (χ2n) is 6.09. The van der Waals surface area contributed by atoms with E-state index in [1.807, 2.05) is 47.4 Å². The third-order valence-electron chi connectivity index (χ3n) is 4.37. The zero-order valence-electron chi connectivity index (χ0n) is 14.4. The first-order valence-electron chi connectivity index (χ1n) is 8.52. The summed E-state index contributed by atoms with van der Waals surface area (Å²) in [5, 5.41) is 3.53. The Balaban J connectivity index is 1.49. The smallest absolute Gasteiger partial charge is 0.246 e. The number of carbonyl (C=O) groups excluding carboxylic acids is 1. The van der Waals surface area contributed by atoms with Crippen LogP contribution >= 0.6 is 0 Å². The first-order valence-corrected chi connectivity index (χ1v) is 8.52. The highest BCUT2D eigenvalue weighted by molar-refractivity contribution is 5.91. The lowest BCUT2D eigenvalue weighted by molar-refractivity contribution is -0.126. The van der Waals surface area contributed by atoms with E-state index < -0.39 is 0 Å². The van der Waals surface area contributed by atoms with E-state index >= 15 is 0 Å². The predicted molar refractivity (Wildman–Crippen MR) is 99.5 cm³/mol. The third kappa shape index (κ3) is 4.83. The number of anilines is 1. The molecule has 1 aliphatic rings. The van der Waals surface area contributed by atoms with E-state index in [4.69, 9.17) is 4.74 Å². The van der Waals surface area contributed by atoms with Crippen LogP contribution in [0.25, 0.3) is 6.08 Å². The molecule has 1 fully saturated rings. The summed E-state index contributed by atoms with van der Waals surface area (Å²) in [4.78, 5) is 18.2. The van der Waals surface area contributed by atoms with Crippen molar-refractivity contribution in [3.05, 3.63) is 60.4 Å². The molecule has 25 heavy (non-hydrogen) atoms. The number of nitrogens with one attached hydrogen (secondary N) is 1. The molecule has 2 aromatic rings.